The molecule has 228 valence electrons. The van der Waals surface area contributed by atoms with Crippen molar-refractivity contribution in [3.63, 3.8) is 0 Å². The van der Waals surface area contributed by atoms with Crippen molar-refractivity contribution in [2.45, 2.75) is 12.8 Å². The van der Waals surface area contributed by atoms with E-state index in [1.165, 1.54) is 15.8 Å². The van der Waals surface area contributed by atoms with Gasteiger partial charge in [0.1, 0.15) is 23.9 Å². The van der Waals surface area contributed by atoms with Gasteiger partial charge in [-0.1, -0.05) is 47.7 Å². The molecule has 10 nitrogen and oxygen atoms in total. The smallest absolute Gasteiger partial charge is 0.417 e. The first-order valence-corrected chi connectivity index (χ1v) is 13.5. The predicted octanol–water partition coefficient (Wildman–Crippen LogP) is 3.72. The highest BCUT2D eigenvalue weighted by Gasteiger charge is 2.37. The van der Waals surface area contributed by atoms with Crippen LogP contribution in [-0.2, 0) is 17.6 Å². The Labute approximate surface area is 248 Å². The summed E-state index contributed by atoms with van der Waals surface area (Å²) in [5.74, 6) is -2.53. The van der Waals surface area contributed by atoms with Crippen LogP contribution in [0.25, 0.3) is 5.69 Å². The number of carbonyl (C=O) groups is 3. The fourth-order valence-corrected chi connectivity index (χ4v) is 4.62. The van der Waals surface area contributed by atoms with E-state index in [9.17, 15) is 31.9 Å². The number of nitrogens with zero attached hydrogens (tertiary/aromatic N) is 5. The Morgan fingerprint density at radius 2 is 1.57 bits per heavy atom. The summed E-state index contributed by atoms with van der Waals surface area (Å²) in [5.41, 5.74) is -0.533. The zero-order valence-corrected chi connectivity index (χ0v) is 23.1. The molecule has 4 aromatic rings. The molecule has 1 fully saturated rings. The molecule has 0 saturated carbocycles. The fraction of sp³-hybridized carbons (Fsp3) is 0.233. The van der Waals surface area contributed by atoms with Gasteiger partial charge in [-0.15, -0.1) is 5.10 Å². The van der Waals surface area contributed by atoms with Crippen LogP contribution in [0.5, 0.6) is 5.75 Å². The molecule has 2 heterocycles. The third-order valence-corrected chi connectivity index (χ3v) is 6.91. The van der Waals surface area contributed by atoms with E-state index in [2.05, 4.69) is 15.6 Å². The molecule has 44 heavy (non-hydrogen) atoms. The van der Waals surface area contributed by atoms with Gasteiger partial charge < -0.3 is 19.9 Å². The van der Waals surface area contributed by atoms with E-state index in [1.54, 1.807) is 24.3 Å². The lowest BCUT2D eigenvalue weighted by Crippen LogP contribution is -2.52. The largest absolute Gasteiger partial charge is 0.487 e. The summed E-state index contributed by atoms with van der Waals surface area (Å²) in [4.78, 5) is 40.7. The van der Waals surface area contributed by atoms with Crippen LogP contribution in [-0.4, -0.2) is 75.2 Å². The van der Waals surface area contributed by atoms with Crippen LogP contribution < -0.4 is 10.1 Å². The van der Waals surface area contributed by atoms with Gasteiger partial charge in [0.2, 0.25) is 5.91 Å². The number of halogens is 4. The molecule has 1 aliphatic rings. The second-order valence-electron chi connectivity index (χ2n) is 9.83. The lowest BCUT2D eigenvalue weighted by Gasteiger charge is -2.35. The van der Waals surface area contributed by atoms with Gasteiger partial charge in [-0.25, -0.2) is 9.07 Å². The summed E-state index contributed by atoms with van der Waals surface area (Å²) in [6, 6.07) is 18.4. The zero-order chi connectivity index (χ0) is 31.3. The third-order valence-electron chi connectivity index (χ3n) is 6.91. The lowest BCUT2D eigenvalue weighted by atomic mass is 10.0. The van der Waals surface area contributed by atoms with Crippen molar-refractivity contribution in [3.8, 4) is 11.4 Å². The standard InChI is InChI=1S/C30H26F4N6O4/c31-21-10-11-23(30(32,33)34)22(16-21)29(43)39-14-12-38(13-15-39)27(41)17-35-28(42)24-18-40(37-36-24)25-8-4-5-9-26(25)44-19-20-6-2-1-3-7-20/h1-11,16,18H,12-15,17,19H2,(H,35,42). The summed E-state index contributed by atoms with van der Waals surface area (Å²) >= 11 is 0. The number of alkyl halides is 3. The molecule has 0 aliphatic carbocycles. The first kappa shape index (κ1) is 30.2. The van der Waals surface area contributed by atoms with Crippen molar-refractivity contribution in [1.82, 2.24) is 30.1 Å². The van der Waals surface area contributed by atoms with Crippen LogP contribution in [0.2, 0.25) is 0 Å². The summed E-state index contributed by atoms with van der Waals surface area (Å²) in [5, 5.41) is 10.4. The van der Waals surface area contributed by atoms with E-state index in [4.69, 9.17) is 4.74 Å². The van der Waals surface area contributed by atoms with Gasteiger partial charge in [-0.3, -0.25) is 14.4 Å². The van der Waals surface area contributed by atoms with Gasteiger partial charge in [0.15, 0.2) is 5.69 Å². The minimum atomic E-state index is -4.83. The Morgan fingerprint density at radius 3 is 2.30 bits per heavy atom. The molecule has 1 aromatic heterocycles. The topological polar surface area (TPSA) is 110 Å². The first-order valence-electron chi connectivity index (χ1n) is 13.5. The average molecular weight is 611 g/mol. The molecular formula is C30H26F4N6O4. The number of nitrogens with one attached hydrogen (secondary N) is 1. The number of ether oxygens (including phenoxy) is 1. The monoisotopic (exact) mass is 610 g/mol. The molecule has 3 aromatic carbocycles. The van der Waals surface area contributed by atoms with Crippen molar-refractivity contribution in [1.29, 1.82) is 0 Å². The van der Waals surface area contributed by atoms with Crippen LogP contribution in [0.1, 0.15) is 32.0 Å². The molecule has 3 amide bonds. The average Bonchev–Trinajstić information content (AvgIpc) is 3.53. The van der Waals surface area contributed by atoms with E-state index < -0.39 is 40.8 Å². The molecule has 0 atom stereocenters. The maximum Gasteiger partial charge on any atom is 0.417 e. The Bertz CT molecular complexity index is 1650. The van der Waals surface area contributed by atoms with Crippen molar-refractivity contribution >= 4 is 17.7 Å². The second kappa shape index (κ2) is 12.9. The Morgan fingerprint density at radius 1 is 0.886 bits per heavy atom. The van der Waals surface area contributed by atoms with Crippen LogP contribution in [0.4, 0.5) is 17.6 Å². The molecule has 0 radical (unpaired) electrons. The van der Waals surface area contributed by atoms with Gasteiger partial charge in [0.25, 0.3) is 11.8 Å². The zero-order valence-electron chi connectivity index (χ0n) is 23.1. The molecule has 1 N–H and O–H groups in total. The number of amides is 3. The van der Waals surface area contributed by atoms with Gasteiger partial charge in [-0.05, 0) is 35.9 Å². The summed E-state index contributed by atoms with van der Waals surface area (Å²) < 4.78 is 61.0. The van der Waals surface area contributed by atoms with Crippen molar-refractivity contribution < 1.29 is 36.7 Å². The number of benzene rings is 3. The number of piperazine rings is 1. The van der Waals surface area contributed by atoms with Gasteiger partial charge in [0.05, 0.1) is 23.9 Å². The quantitative estimate of drug-likeness (QED) is 0.305. The van der Waals surface area contributed by atoms with Crippen molar-refractivity contribution in [2.24, 2.45) is 0 Å². The van der Waals surface area contributed by atoms with E-state index in [0.717, 1.165) is 10.5 Å². The van der Waals surface area contributed by atoms with Crippen LogP contribution in [0.3, 0.4) is 0 Å². The molecule has 5 rings (SSSR count). The molecule has 1 aliphatic heterocycles. The number of hydrogen-bond acceptors (Lipinski definition) is 6. The van der Waals surface area contributed by atoms with Gasteiger partial charge in [0, 0.05) is 26.2 Å². The number of aromatic nitrogens is 3. The minimum Gasteiger partial charge on any atom is -0.487 e. The van der Waals surface area contributed by atoms with Gasteiger partial charge in [-0.2, -0.15) is 13.2 Å². The highest BCUT2D eigenvalue weighted by molar-refractivity contribution is 5.96. The third kappa shape index (κ3) is 7.02. The molecule has 1 saturated heterocycles. The Balaban J connectivity index is 1.14. The first-order chi connectivity index (χ1) is 21.1. The number of carbonyl (C=O) groups excluding carboxylic acids is 3. The normalized spacial score (nSPS) is 13.5. The van der Waals surface area contributed by atoms with Crippen molar-refractivity contribution in [2.75, 3.05) is 32.7 Å². The molecule has 0 spiro atoms. The predicted molar refractivity (Wildman–Crippen MR) is 148 cm³/mol. The number of para-hydroxylation sites is 2. The van der Waals surface area contributed by atoms with Crippen LogP contribution in [0.15, 0.2) is 79.0 Å². The number of hydrogen-bond donors (Lipinski definition) is 1. The second-order valence-corrected chi connectivity index (χ2v) is 9.83. The summed E-state index contributed by atoms with van der Waals surface area (Å²) in [6.07, 6.45) is -3.43. The van der Waals surface area contributed by atoms with E-state index in [0.29, 0.717) is 36.2 Å². The molecular weight excluding hydrogens is 584 g/mol. The SMILES string of the molecule is O=C(NCC(=O)N1CCN(C(=O)c2cc(F)ccc2C(F)(F)F)CC1)c1cn(-c2ccccc2OCc2ccccc2)nn1. The van der Waals surface area contributed by atoms with Crippen molar-refractivity contribution in [3.05, 3.63) is 107 Å². The van der Waals surface area contributed by atoms with E-state index in [1.807, 2.05) is 30.3 Å². The summed E-state index contributed by atoms with van der Waals surface area (Å²) in [7, 11) is 0. The van der Waals surface area contributed by atoms with Gasteiger partial charge >= 0.3 is 6.18 Å². The Hall–Kier alpha value is -5.27. The summed E-state index contributed by atoms with van der Waals surface area (Å²) in [6.45, 7) is -0.138. The Kier molecular flexibility index (Phi) is 8.88. The highest BCUT2D eigenvalue weighted by atomic mass is 19.4. The molecule has 14 heteroatoms. The van der Waals surface area contributed by atoms with E-state index >= 15 is 0 Å². The maximum atomic E-state index is 13.7. The van der Waals surface area contributed by atoms with Crippen LogP contribution >= 0.6 is 0 Å². The minimum absolute atomic E-state index is 0.0209. The maximum absolute atomic E-state index is 13.7. The fourth-order valence-electron chi connectivity index (χ4n) is 4.62. The lowest BCUT2D eigenvalue weighted by molar-refractivity contribution is -0.138. The van der Waals surface area contributed by atoms with E-state index in [-0.39, 0.29) is 38.4 Å². The number of rotatable bonds is 8. The highest BCUT2D eigenvalue weighted by Crippen LogP contribution is 2.33. The molecule has 0 unspecified atom stereocenters. The van der Waals surface area contributed by atoms with Crippen LogP contribution in [0, 0.1) is 5.82 Å². The molecule has 0 bridgehead atoms.